The summed E-state index contributed by atoms with van der Waals surface area (Å²) in [5.74, 6) is -0.0459. The molecule has 3 rings (SSSR count). The third-order valence-electron chi connectivity index (χ3n) is 4.68. The van der Waals surface area contributed by atoms with Gasteiger partial charge in [0, 0.05) is 24.8 Å². The molecule has 9 heteroatoms. The molecule has 162 valence electrons. The molecule has 1 aromatic heterocycles. The number of aromatic nitrogens is 3. The lowest BCUT2D eigenvalue weighted by Crippen LogP contribution is -2.36. The van der Waals surface area contributed by atoms with Crippen molar-refractivity contribution in [2.45, 2.75) is 25.5 Å². The van der Waals surface area contributed by atoms with E-state index in [4.69, 9.17) is 0 Å². The van der Waals surface area contributed by atoms with Crippen molar-refractivity contribution in [1.29, 1.82) is 0 Å². The minimum atomic E-state index is -0.382. The van der Waals surface area contributed by atoms with Crippen LogP contribution in [-0.2, 0) is 16.1 Å². The maximum Gasteiger partial charge on any atom is 0.243 e. The first-order valence-electron chi connectivity index (χ1n) is 9.80. The smallest absolute Gasteiger partial charge is 0.243 e. The Morgan fingerprint density at radius 1 is 1.13 bits per heavy atom. The van der Waals surface area contributed by atoms with E-state index in [2.05, 4.69) is 15.5 Å². The summed E-state index contributed by atoms with van der Waals surface area (Å²) >= 11 is 1.29. The second kappa shape index (κ2) is 10.2. The van der Waals surface area contributed by atoms with Crippen LogP contribution in [0.25, 0.3) is 11.4 Å². The number of halogens is 1. The molecular weight excluding hydrogens is 417 g/mol. The van der Waals surface area contributed by atoms with Crippen LogP contribution in [0.4, 0.5) is 10.1 Å². The van der Waals surface area contributed by atoms with Gasteiger partial charge in [-0.3, -0.25) is 9.59 Å². The maximum absolute atomic E-state index is 13.0. The zero-order valence-corrected chi connectivity index (χ0v) is 18.4. The Bertz CT molecular complexity index is 1070. The second-order valence-electron chi connectivity index (χ2n) is 6.96. The zero-order chi connectivity index (χ0) is 22.4. The molecule has 0 aliphatic carbocycles. The summed E-state index contributed by atoms with van der Waals surface area (Å²) in [6.45, 7) is 4.59. The number of thioether (sulfide) groups is 1. The van der Waals surface area contributed by atoms with E-state index in [1.165, 1.54) is 40.9 Å². The van der Waals surface area contributed by atoms with Crippen molar-refractivity contribution >= 4 is 29.3 Å². The van der Waals surface area contributed by atoms with Gasteiger partial charge in [-0.05, 0) is 43.7 Å². The summed E-state index contributed by atoms with van der Waals surface area (Å²) in [6.07, 6.45) is 0. The van der Waals surface area contributed by atoms with E-state index in [0.29, 0.717) is 17.4 Å². The SMILES string of the molecule is CCn1c(SCC(=O)N(C)CC(=O)Nc2ccc(F)cc2)nnc1-c1ccccc1C. The van der Waals surface area contributed by atoms with Crippen LogP contribution in [-0.4, -0.2) is 50.8 Å². The Morgan fingerprint density at radius 3 is 2.52 bits per heavy atom. The average Bonchev–Trinajstić information content (AvgIpc) is 3.16. The van der Waals surface area contributed by atoms with Crippen LogP contribution in [0.5, 0.6) is 0 Å². The predicted molar refractivity (Wildman–Crippen MR) is 119 cm³/mol. The lowest BCUT2D eigenvalue weighted by atomic mass is 10.1. The number of carbonyl (C=O) groups excluding carboxylic acids is 2. The van der Waals surface area contributed by atoms with Crippen molar-refractivity contribution in [3.05, 3.63) is 59.9 Å². The molecule has 31 heavy (non-hydrogen) atoms. The number of nitrogens with one attached hydrogen (secondary N) is 1. The summed E-state index contributed by atoms with van der Waals surface area (Å²) in [4.78, 5) is 26.0. The monoisotopic (exact) mass is 441 g/mol. The Kier molecular flexibility index (Phi) is 7.41. The molecule has 1 heterocycles. The highest BCUT2D eigenvalue weighted by Gasteiger charge is 2.18. The number of carbonyl (C=O) groups is 2. The van der Waals surface area contributed by atoms with Crippen molar-refractivity contribution in [3.8, 4) is 11.4 Å². The molecule has 0 aliphatic rings. The van der Waals surface area contributed by atoms with Gasteiger partial charge < -0.3 is 14.8 Å². The first-order valence-corrected chi connectivity index (χ1v) is 10.8. The van der Waals surface area contributed by atoms with Crippen LogP contribution in [0, 0.1) is 12.7 Å². The lowest BCUT2D eigenvalue weighted by molar-refractivity contribution is -0.131. The van der Waals surface area contributed by atoms with E-state index in [1.807, 2.05) is 42.7 Å². The number of rotatable bonds is 8. The highest BCUT2D eigenvalue weighted by atomic mass is 32.2. The van der Waals surface area contributed by atoms with Crippen molar-refractivity contribution in [1.82, 2.24) is 19.7 Å². The van der Waals surface area contributed by atoms with Crippen LogP contribution in [0.2, 0.25) is 0 Å². The molecule has 2 aromatic carbocycles. The summed E-state index contributed by atoms with van der Waals surface area (Å²) in [5, 5.41) is 11.9. The fraction of sp³-hybridized carbons (Fsp3) is 0.273. The van der Waals surface area contributed by atoms with Gasteiger partial charge in [-0.15, -0.1) is 10.2 Å². The number of likely N-dealkylation sites (N-methyl/N-ethyl adjacent to an activating group) is 1. The molecule has 0 bridgehead atoms. The van der Waals surface area contributed by atoms with Crippen molar-refractivity contribution in [2.75, 3.05) is 24.7 Å². The van der Waals surface area contributed by atoms with Gasteiger partial charge >= 0.3 is 0 Å². The number of hydrogen-bond acceptors (Lipinski definition) is 5. The lowest BCUT2D eigenvalue weighted by Gasteiger charge is -2.16. The topological polar surface area (TPSA) is 80.1 Å². The number of anilines is 1. The van der Waals surface area contributed by atoms with Crippen LogP contribution in [0.1, 0.15) is 12.5 Å². The summed E-state index contributed by atoms with van der Waals surface area (Å²) in [5.41, 5.74) is 2.58. The molecule has 0 aliphatic heterocycles. The number of hydrogen-bond donors (Lipinski definition) is 1. The molecule has 7 nitrogen and oxygen atoms in total. The van der Waals surface area contributed by atoms with Gasteiger partial charge in [0.1, 0.15) is 5.82 Å². The molecule has 0 saturated carbocycles. The van der Waals surface area contributed by atoms with Crippen LogP contribution >= 0.6 is 11.8 Å². The summed E-state index contributed by atoms with van der Waals surface area (Å²) < 4.78 is 14.9. The molecule has 0 saturated heterocycles. The molecule has 0 spiro atoms. The molecule has 0 atom stereocenters. The molecule has 0 fully saturated rings. The normalized spacial score (nSPS) is 10.7. The van der Waals surface area contributed by atoms with Crippen LogP contribution < -0.4 is 5.32 Å². The quantitative estimate of drug-likeness (QED) is 0.540. The van der Waals surface area contributed by atoms with Gasteiger partial charge in [0.25, 0.3) is 0 Å². The minimum Gasteiger partial charge on any atom is -0.336 e. The fourth-order valence-corrected chi connectivity index (χ4v) is 3.92. The van der Waals surface area contributed by atoms with Crippen molar-refractivity contribution in [2.24, 2.45) is 0 Å². The largest absolute Gasteiger partial charge is 0.336 e. The minimum absolute atomic E-state index is 0.105. The fourth-order valence-electron chi connectivity index (χ4n) is 2.98. The van der Waals surface area contributed by atoms with E-state index >= 15 is 0 Å². The summed E-state index contributed by atoms with van der Waals surface area (Å²) in [6, 6.07) is 13.4. The number of amides is 2. The molecule has 1 N–H and O–H groups in total. The molecule has 0 unspecified atom stereocenters. The number of benzene rings is 2. The van der Waals surface area contributed by atoms with E-state index in [1.54, 1.807) is 7.05 Å². The maximum atomic E-state index is 13.0. The van der Waals surface area contributed by atoms with Gasteiger partial charge in [-0.2, -0.15) is 0 Å². The first-order chi connectivity index (χ1) is 14.9. The summed E-state index contributed by atoms with van der Waals surface area (Å²) in [7, 11) is 1.57. The highest BCUT2D eigenvalue weighted by molar-refractivity contribution is 7.99. The Hall–Kier alpha value is -3.20. The molecule has 3 aromatic rings. The van der Waals surface area contributed by atoms with Gasteiger partial charge in [0.15, 0.2) is 11.0 Å². The molecule has 2 amide bonds. The van der Waals surface area contributed by atoms with E-state index in [-0.39, 0.29) is 29.9 Å². The third-order valence-corrected chi connectivity index (χ3v) is 5.63. The highest BCUT2D eigenvalue weighted by Crippen LogP contribution is 2.26. The van der Waals surface area contributed by atoms with E-state index in [9.17, 15) is 14.0 Å². The van der Waals surface area contributed by atoms with Gasteiger partial charge in [-0.25, -0.2) is 4.39 Å². The van der Waals surface area contributed by atoms with Crippen LogP contribution in [0.3, 0.4) is 0 Å². The van der Waals surface area contributed by atoms with E-state index in [0.717, 1.165) is 17.0 Å². The average molecular weight is 442 g/mol. The number of nitrogens with zero attached hydrogens (tertiary/aromatic N) is 4. The molecular formula is C22H24FN5O2S. The van der Waals surface area contributed by atoms with Crippen molar-refractivity contribution < 1.29 is 14.0 Å². The first kappa shape index (κ1) is 22.5. The van der Waals surface area contributed by atoms with Crippen LogP contribution in [0.15, 0.2) is 53.7 Å². The Morgan fingerprint density at radius 2 is 1.84 bits per heavy atom. The van der Waals surface area contributed by atoms with Gasteiger partial charge in [0.05, 0.1) is 12.3 Å². The van der Waals surface area contributed by atoms with E-state index < -0.39 is 0 Å². The van der Waals surface area contributed by atoms with Gasteiger partial charge in [0.2, 0.25) is 11.8 Å². The zero-order valence-electron chi connectivity index (χ0n) is 17.6. The molecule has 0 radical (unpaired) electrons. The van der Waals surface area contributed by atoms with Crippen molar-refractivity contribution in [3.63, 3.8) is 0 Å². The number of aryl methyl sites for hydroxylation is 1. The standard InChI is InChI=1S/C22H24FN5O2S/c1-4-28-21(18-8-6-5-7-15(18)2)25-26-22(28)31-14-20(30)27(3)13-19(29)24-17-11-9-16(23)10-12-17/h5-12H,4,13-14H2,1-3H3,(H,24,29). The van der Waals surface area contributed by atoms with Gasteiger partial charge in [-0.1, -0.05) is 36.0 Å². The second-order valence-corrected chi connectivity index (χ2v) is 7.90. The Balaban J connectivity index is 1.58. The predicted octanol–water partition coefficient (Wildman–Crippen LogP) is 3.60. The third kappa shape index (κ3) is 5.69. The Labute approximate surface area is 184 Å².